The summed E-state index contributed by atoms with van der Waals surface area (Å²) in [7, 11) is 1.34. The maximum absolute atomic E-state index is 12.4. The number of carbonyl (C=O) groups excluding carboxylic acids is 2. The van der Waals surface area contributed by atoms with Gasteiger partial charge in [0.2, 0.25) is 0 Å². The Bertz CT molecular complexity index is 565. The summed E-state index contributed by atoms with van der Waals surface area (Å²) in [5.41, 5.74) is 0.975. The molecule has 1 atom stereocenters. The van der Waals surface area contributed by atoms with Crippen LogP contribution in [0.2, 0.25) is 0 Å². The topological polar surface area (TPSA) is 67.9 Å². The van der Waals surface area contributed by atoms with E-state index in [1.807, 2.05) is 0 Å². The number of amides is 1. The molecule has 0 bridgehead atoms. The molecule has 138 valence electrons. The average Bonchev–Trinajstić information content (AvgIpc) is 2.64. The second kappa shape index (κ2) is 9.53. The summed E-state index contributed by atoms with van der Waals surface area (Å²) in [6, 6.07) is 6.81. The van der Waals surface area contributed by atoms with E-state index in [4.69, 9.17) is 4.74 Å². The van der Waals surface area contributed by atoms with Gasteiger partial charge in [-0.1, -0.05) is 13.8 Å². The molecule has 6 nitrogen and oxygen atoms in total. The molecule has 1 aliphatic rings. The molecule has 1 amide bonds. The molecule has 0 aromatic heterocycles. The Morgan fingerprint density at radius 3 is 2.32 bits per heavy atom. The fourth-order valence-electron chi connectivity index (χ4n) is 3.04. The number of nitrogens with zero attached hydrogens (tertiary/aromatic N) is 1. The van der Waals surface area contributed by atoms with Gasteiger partial charge < -0.3 is 14.8 Å². The van der Waals surface area contributed by atoms with Crippen molar-refractivity contribution in [2.24, 2.45) is 5.92 Å². The molecule has 0 spiro atoms. The molecule has 1 aromatic rings. The quantitative estimate of drug-likeness (QED) is 0.763. The minimum absolute atomic E-state index is 0.126. The van der Waals surface area contributed by atoms with Crippen LogP contribution in [0.1, 0.15) is 41.0 Å². The summed E-state index contributed by atoms with van der Waals surface area (Å²) in [5, 5.41) is 3.03. The maximum atomic E-state index is 12.4. The van der Waals surface area contributed by atoms with Gasteiger partial charge in [-0.15, -0.1) is 0 Å². The normalized spacial score (nSPS) is 16.5. The van der Waals surface area contributed by atoms with Gasteiger partial charge in [-0.25, -0.2) is 4.79 Å². The van der Waals surface area contributed by atoms with Crippen LogP contribution in [0, 0.1) is 5.92 Å². The SMILES string of the molecule is COC(=O)c1ccc(C(=O)NCC(CC(C)C)N2CCOCC2)cc1. The molecule has 0 saturated carbocycles. The number of carbonyl (C=O) groups is 2. The smallest absolute Gasteiger partial charge is 0.337 e. The zero-order chi connectivity index (χ0) is 18.2. The molecule has 1 unspecified atom stereocenters. The molecule has 1 fully saturated rings. The Morgan fingerprint density at radius 1 is 1.16 bits per heavy atom. The minimum atomic E-state index is -0.406. The van der Waals surface area contributed by atoms with Crippen LogP contribution in [-0.2, 0) is 9.47 Å². The van der Waals surface area contributed by atoms with Crippen molar-refractivity contribution in [1.29, 1.82) is 0 Å². The molecule has 0 aliphatic carbocycles. The predicted octanol–water partition coefficient (Wildman–Crippen LogP) is 1.95. The number of rotatable bonds is 7. The lowest BCUT2D eigenvalue weighted by Gasteiger charge is -2.35. The van der Waals surface area contributed by atoms with Crippen molar-refractivity contribution in [3.05, 3.63) is 35.4 Å². The van der Waals surface area contributed by atoms with Gasteiger partial charge in [0, 0.05) is 31.2 Å². The number of ether oxygens (including phenoxy) is 2. The van der Waals surface area contributed by atoms with Crippen molar-refractivity contribution in [3.63, 3.8) is 0 Å². The van der Waals surface area contributed by atoms with Crippen molar-refractivity contribution in [2.45, 2.75) is 26.3 Å². The van der Waals surface area contributed by atoms with E-state index in [2.05, 4.69) is 28.8 Å². The van der Waals surface area contributed by atoms with E-state index in [0.29, 0.717) is 29.6 Å². The van der Waals surface area contributed by atoms with Crippen LogP contribution in [0.3, 0.4) is 0 Å². The van der Waals surface area contributed by atoms with E-state index in [1.165, 1.54) is 7.11 Å². The van der Waals surface area contributed by atoms with Crippen LogP contribution in [-0.4, -0.2) is 62.8 Å². The second-order valence-electron chi connectivity index (χ2n) is 6.71. The highest BCUT2D eigenvalue weighted by Crippen LogP contribution is 2.13. The van der Waals surface area contributed by atoms with Gasteiger partial charge in [0.05, 0.1) is 25.9 Å². The van der Waals surface area contributed by atoms with Crippen LogP contribution in [0.4, 0.5) is 0 Å². The summed E-state index contributed by atoms with van der Waals surface area (Å²) in [4.78, 5) is 26.2. The van der Waals surface area contributed by atoms with Gasteiger partial charge in [0.15, 0.2) is 0 Å². The van der Waals surface area contributed by atoms with Crippen molar-refractivity contribution >= 4 is 11.9 Å². The van der Waals surface area contributed by atoms with E-state index in [-0.39, 0.29) is 5.91 Å². The zero-order valence-electron chi connectivity index (χ0n) is 15.3. The van der Waals surface area contributed by atoms with E-state index in [0.717, 1.165) is 32.7 Å². The summed E-state index contributed by atoms with van der Waals surface area (Å²) in [6.45, 7) is 8.30. The van der Waals surface area contributed by atoms with Crippen LogP contribution < -0.4 is 5.32 Å². The first-order valence-corrected chi connectivity index (χ1v) is 8.79. The third-order valence-corrected chi connectivity index (χ3v) is 4.37. The molecule has 25 heavy (non-hydrogen) atoms. The van der Waals surface area contributed by atoms with Gasteiger partial charge in [-0.05, 0) is 36.6 Å². The number of morpholine rings is 1. The lowest BCUT2D eigenvalue weighted by Crippen LogP contribution is -2.49. The first-order chi connectivity index (χ1) is 12.0. The fraction of sp³-hybridized carbons (Fsp3) is 0.579. The molecular weight excluding hydrogens is 320 g/mol. The Morgan fingerprint density at radius 2 is 1.76 bits per heavy atom. The summed E-state index contributed by atoms with van der Waals surface area (Å²) in [5.74, 6) is 0.0267. The van der Waals surface area contributed by atoms with Crippen molar-refractivity contribution < 1.29 is 19.1 Å². The van der Waals surface area contributed by atoms with E-state index in [9.17, 15) is 9.59 Å². The molecule has 0 radical (unpaired) electrons. The lowest BCUT2D eigenvalue weighted by atomic mass is 10.0. The number of nitrogens with one attached hydrogen (secondary N) is 1. The lowest BCUT2D eigenvalue weighted by molar-refractivity contribution is 0.0124. The Kier molecular flexibility index (Phi) is 7.40. The van der Waals surface area contributed by atoms with Crippen LogP contribution >= 0.6 is 0 Å². The molecule has 1 heterocycles. The minimum Gasteiger partial charge on any atom is -0.465 e. The van der Waals surface area contributed by atoms with Gasteiger partial charge in [-0.3, -0.25) is 9.69 Å². The third-order valence-electron chi connectivity index (χ3n) is 4.37. The van der Waals surface area contributed by atoms with E-state index in [1.54, 1.807) is 24.3 Å². The molecule has 1 saturated heterocycles. The second-order valence-corrected chi connectivity index (χ2v) is 6.71. The Balaban J connectivity index is 1.94. The van der Waals surface area contributed by atoms with Crippen molar-refractivity contribution in [3.8, 4) is 0 Å². The van der Waals surface area contributed by atoms with E-state index < -0.39 is 5.97 Å². The monoisotopic (exact) mass is 348 g/mol. The number of esters is 1. The summed E-state index contributed by atoms with van der Waals surface area (Å²) < 4.78 is 10.1. The first-order valence-electron chi connectivity index (χ1n) is 8.79. The van der Waals surface area contributed by atoms with Crippen LogP contribution in [0.5, 0.6) is 0 Å². The number of methoxy groups -OCH3 is 1. The number of benzene rings is 1. The molecule has 1 aromatic carbocycles. The first kappa shape index (κ1) is 19.4. The maximum Gasteiger partial charge on any atom is 0.337 e. The standard InChI is InChI=1S/C19H28N2O4/c1-14(2)12-17(21-8-10-25-11-9-21)13-20-18(22)15-4-6-16(7-5-15)19(23)24-3/h4-7,14,17H,8-13H2,1-3H3,(H,20,22). The van der Waals surface area contributed by atoms with Gasteiger partial charge in [0.25, 0.3) is 5.91 Å². The van der Waals surface area contributed by atoms with Gasteiger partial charge in [0.1, 0.15) is 0 Å². The summed E-state index contributed by atoms with van der Waals surface area (Å²) in [6.07, 6.45) is 1.03. The van der Waals surface area contributed by atoms with Crippen LogP contribution in [0.15, 0.2) is 24.3 Å². The van der Waals surface area contributed by atoms with Crippen LogP contribution in [0.25, 0.3) is 0 Å². The average molecular weight is 348 g/mol. The van der Waals surface area contributed by atoms with Crippen molar-refractivity contribution in [2.75, 3.05) is 40.0 Å². The predicted molar refractivity (Wildman–Crippen MR) is 95.7 cm³/mol. The highest BCUT2D eigenvalue weighted by molar-refractivity contribution is 5.96. The highest BCUT2D eigenvalue weighted by Gasteiger charge is 2.22. The van der Waals surface area contributed by atoms with Gasteiger partial charge in [-0.2, -0.15) is 0 Å². The molecular formula is C19H28N2O4. The molecule has 6 heteroatoms. The van der Waals surface area contributed by atoms with E-state index >= 15 is 0 Å². The highest BCUT2D eigenvalue weighted by atomic mass is 16.5. The molecule has 1 N–H and O–H groups in total. The van der Waals surface area contributed by atoms with Gasteiger partial charge >= 0.3 is 5.97 Å². The summed E-state index contributed by atoms with van der Waals surface area (Å²) >= 11 is 0. The zero-order valence-corrected chi connectivity index (χ0v) is 15.3. The number of hydrogen-bond donors (Lipinski definition) is 1. The molecule has 2 rings (SSSR count). The Hall–Kier alpha value is -1.92. The Labute approximate surface area is 149 Å². The third kappa shape index (κ3) is 5.83. The van der Waals surface area contributed by atoms with Crippen molar-refractivity contribution in [1.82, 2.24) is 10.2 Å². The fourth-order valence-corrected chi connectivity index (χ4v) is 3.04. The number of hydrogen-bond acceptors (Lipinski definition) is 5. The largest absolute Gasteiger partial charge is 0.465 e. The molecule has 1 aliphatic heterocycles.